The lowest BCUT2D eigenvalue weighted by Gasteiger charge is -2.09. The van der Waals surface area contributed by atoms with Crippen LogP contribution in [0, 0.1) is 0 Å². The maximum absolute atomic E-state index is 11.9. The monoisotopic (exact) mass is 362 g/mol. The van der Waals surface area contributed by atoms with Gasteiger partial charge in [-0.1, -0.05) is 23.7 Å². The fraction of sp³-hybridized carbons (Fsp3) is 0.316. The number of methoxy groups -OCH3 is 2. The van der Waals surface area contributed by atoms with E-state index in [2.05, 4.69) is 10.6 Å². The summed E-state index contributed by atoms with van der Waals surface area (Å²) < 4.78 is 10.2. The van der Waals surface area contributed by atoms with Crippen molar-refractivity contribution in [2.45, 2.75) is 12.8 Å². The number of nitrogens with one attached hydrogen (secondary N) is 2. The molecule has 0 aliphatic heterocycles. The summed E-state index contributed by atoms with van der Waals surface area (Å²) in [6.45, 7) is 1.43. The van der Waals surface area contributed by atoms with E-state index < -0.39 is 0 Å². The third kappa shape index (κ3) is 6.29. The first-order valence-corrected chi connectivity index (χ1v) is 8.47. The Morgan fingerprint density at radius 3 is 2.44 bits per heavy atom. The van der Waals surface area contributed by atoms with Crippen LogP contribution in [0.1, 0.15) is 12.0 Å². The van der Waals surface area contributed by atoms with E-state index in [0.717, 1.165) is 18.7 Å². The van der Waals surface area contributed by atoms with Crippen LogP contribution in [0.15, 0.2) is 42.5 Å². The minimum absolute atomic E-state index is 0.0572. The highest BCUT2D eigenvalue weighted by atomic mass is 35.5. The number of amides is 1. The average Bonchev–Trinajstić information content (AvgIpc) is 2.62. The lowest BCUT2D eigenvalue weighted by molar-refractivity contribution is -0.116. The molecule has 0 fully saturated rings. The summed E-state index contributed by atoms with van der Waals surface area (Å²) in [6, 6.07) is 13.1. The molecule has 0 radical (unpaired) electrons. The molecule has 0 aliphatic carbocycles. The number of hydrogen-bond donors (Lipinski definition) is 2. The van der Waals surface area contributed by atoms with Crippen molar-refractivity contribution in [3.63, 3.8) is 0 Å². The summed E-state index contributed by atoms with van der Waals surface area (Å²) in [4.78, 5) is 11.9. The molecule has 2 aromatic rings. The molecule has 0 spiro atoms. The molecule has 6 heteroatoms. The first kappa shape index (κ1) is 19.1. The van der Waals surface area contributed by atoms with E-state index in [1.54, 1.807) is 32.4 Å². The highest BCUT2D eigenvalue weighted by molar-refractivity contribution is 6.32. The van der Waals surface area contributed by atoms with Crippen molar-refractivity contribution in [1.29, 1.82) is 0 Å². The minimum Gasteiger partial charge on any atom is -0.497 e. The molecule has 0 saturated heterocycles. The van der Waals surface area contributed by atoms with E-state index in [-0.39, 0.29) is 5.91 Å². The van der Waals surface area contributed by atoms with Crippen LogP contribution in [-0.2, 0) is 11.2 Å². The van der Waals surface area contributed by atoms with Gasteiger partial charge in [0.1, 0.15) is 11.5 Å². The molecule has 0 aliphatic rings. The largest absolute Gasteiger partial charge is 0.497 e. The van der Waals surface area contributed by atoms with Gasteiger partial charge in [0, 0.05) is 18.7 Å². The second-order valence-corrected chi connectivity index (χ2v) is 5.90. The number of benzene rings is 2. The molecule has 0 bridgehead atoms. The fourth-order valence-corrected chi connectivity index (χ4v) is 2.58. The van der Waals surface area contributed by atoms with Gasteiger partial charge in [0.25, 0.3) is 0 Å². The predicted octanol–water partition coefficient (Wildman–Crippen LogP) is 3.52. The Labute approximate surface area is 153 Å². The van der Waals surface area contributed by atoms with Crippen molar-refractivity contribution in [3.8, 4) is 11.5 Å². The standard InChI is InChI=1S/C19H23ClN2O3/c1-24-16-6-3-14(4-7-16)9-11-21-12-10-19(23)22-15-5-8-18(25-2)17(20)13-15/h3-8,13,21H,9-12H2,1-2H3,(H,22,23). The summed E-state index contributed by atoms with van der Waals surface area (Å²) in [5.41, 5.74) is 1.89. The van der Waals surface area contributed by atoms with E-state index >= 15 is 0 Å². The number of rotatable bonds is 9. The Bertz CT molecular complexity index is 690. The molecule has 2 aromatic carbocycles. The van der Waals surface area contributed by atoms with E-state index in [1.165, 1.54) is 5.56 Å². The molecule has 2 N–H and O–H groups in total. The molecular weight excluding hydrogens is 340 g/mol. The SMILES string of the molecule is COc1ccc(CCNCCC(=O)Nc2ccc(OC)c(Cl)c2)cc1. The summed E-state index contributed by atoms with van der Waals surface area (Å²) in [7, 11) is 3.21. The normalized spacial score (nSPS) is 10.4. The van der Waals surface area contributed by atoms with Crippen LogP contribution in [0.2, 0.25) is 5.02 Å². The smallest absolute Gasteiger partial charge is 0.225 e. The van der Waals surface area contributed by atoms with Gasteiger partial charge in [-0.2, -0.15) is 0 Å². The summed E-state index contributed by atoms with van der Waals surface area (Å²) in [5.74, 6) is 1.38. The second kappa shape index (κ2) is 9.91. The number of carbonyl (C=O) groups is 1. The van der Waals surface area contributed by atoms with Crippen molar-refractivity contribution in [3.05, 3.63) is 53.1 Å². The third-order valence-electron chi connectivity index (χ3n) is 3.71. The Morgan fingerprint density at radius 1 is 1.04 bits per heavy atom. The van der Waals surface area contributed by atoms with Crippen LogP contribution in [0.3, 0.4) is 0 Å². The van der Waals surface area contributed by atoms with Gasteiger partial charge in [-0.3, -0.25) is 4.79 Å². The van der Waals surface area contributed by atoms with Crippen LogP contribution in [-0.4, -0.2) is 33.2 Å². The van der Waals surface area contributed by atoms with Gasteiger partial charge in [0.2, 0.25) is 5.91 Å². The van der Waals surface area contributed by atoms with Crippen LogP contribution >= 0.6 is 11.6 Å². The summed E-state index contributed by atoms with van der Waals surface area (Å²) >= 11 is 6.04. The number of hydrogen-bond acceptors (Lipinski definition) is 4. The second-order valence-electron chi connectivity index (χ2n) is 5.50. The number of carbonyl (C=O) groups excluding carboxylic acids is 1. The molecule has 5 nitrogen and oxygen atoms in total. The number of ether oxygens (including phenoxy) is 2. The first-order chi connectivity index (χ1) is 12.1. The van der Waals surface area contributed by atoms with Crippen molar-refractivity contribution in [1.82, 2.24) is 5.32 Å². The molecule has 1 amide bonds. The van der Waals surface area contributed by atoms with Crippen molar-refractivity contribution in [2.75, 3.05) is 32.6 Å². The third-order valence-corrected chi connectivity index (χ3v) is 4.01. The van der Waals surface area contributed by atoms with Gasteiger partial charge in [-0.15, -0.1) is 0 Å². The van der Waals surface area contributed by atoms with Gasteiger partial charge in [0.05, 0.1) is 19.2 Å². The maximum Gasteiger partial charge on any atom is 0.225 e. The molecular formula is C19H23ClN2O3. The highest BCUT2D eigenvalue weighted by Gasteiger charge is 2.05. The van der Waals surface area contributed by atoms with Gasteiger partial charge >= 0.3 is 0 Å². The molecule has 0 unspecified atom stereocenters. The molecule has 0 atom stereocenters. The van der Waals surface area contributed by atoms with Crippen molar-refractivity contribution in [2.24, 2.45) is 0 Å². The van der Waals surface area contributed by atoms with Crippen LogP contribution < -0.4 is 20.1 Å². The average molecular weight is 363 g/mol. The Kier molecular flexibility index (Phi) is 7.57. The molecule has 0 aromatic heterocycles. The van der Waals surface area contributed by atoms with Gasteiger partial charge in [-0.25, -0.2) is 0 Å². The quantitative estimate of drug-likeness (QED) is 0.670. The first-order valence-electron chi connectivity index (χ1n) is 8.09. The van der Waals surface area contributed by atoms with E-state index in [0.29, 0.717) is 29.4 Å². The maximum atomic E-state index is 11.9. The van der Waals surface area contributed by atoms with E-state index in [9.17, 15) is 4.79 Å². The Morgan fingerprint density at radius 2 is 1.80 bits per heavy atom. The predicted molar refractivity (Wildman–Crippen MR) is 101 cm³/mol. The molecule has 0 saturated carbocycles. The van der Waals surface area contributed by atoms with Crippen molar-refractivity contribution < 1.29 is 14.3 Å². The number of anilines is 1. The summed E-state index contributed by atoms with van der Waals surface area (Å²) in [6.07, 6.45) is 1.30. The Hall–Kier alpha value is -2.24. The lowest BCUT2D eigenvalue weighted by atomic mass is 10.1. The van der Waals surface area contributed by atoms with Crippen LogP contribution in [0.25, 0.3) is 0 Å². The van der Waals surface area contributed by atoms with Crippen LogP contribution in [0.5, 0.6) is 11.5 Å². The highest BCUT2D eigenvalue weighted by Crippen LogP contribution is 2.27. The van der Waals surface area contributed by atoms with Gasteiger partial charge < -0.3 is 20.1 Å². The zero-order chi connectivity index (χ0) is 18.1. The zero-order valence-corrected chi connectivity index (χ0v) is 15.2. The fourth-order valence-electron chi connectivity index (χ4n) is 2.32. The van der Waals surface area contributed by atoms with Gasteiger partial charge in [0.15, 0.2) is 0 Å². The Balaban J connectivity index is 1.65. The molecule has 25 heavy (non-hydrogen) atoms. The lowest BCUT2D eigenvalue weighted by Crippen LogP contribution is -2.23. The minimum atomic E-state index is -0.0572. The van der Waals surface area contributed by atoms with E-state index in [1.807, 2.05) is 24.3 Å². The van der Waals surface area contributed by atoms with Crippen LogP contribution in [0.4, 0.5) is 5.69 Å². The topological polar surface area (TPSA) is 59.6 Å². The molecule has 134 valence electrons. The van der Waals surface area contributed by atoms with E-state index in [4.69, 9.17) is 21.1 Å². The molecule has 2 rings (SSSR count). The zero-order valence-electron chi connectivity index (χ0n) is 14.5. The summed E-state index contributed by atoms with van der Waals surface area (Å²) in [5, 5.41) is 6.56. The van der Waals surface area contributed by atoms with Gasteiger partial charge in [-0.05, 0) is 48.9 Å². The van der Waals surface area contributed by atoms with Crippen molar-refractivity contribution >= 4 is 23.2 Å². The molecule has 0 heterocycles. The number of halogens is 1.